The van der Waals surface area contributed by atoms with Crippen LogP contribution >= 0.6 is 0 Å². The van der Waals surface area contributed by atoms with Crippen LogP contribution in [0, 0.1) is 17.1 Å². The van der Waals surface area contributed by atoms with E-state index in [1.165, 1.54) is 16.4 Å². The monoisotopic (exact) mass is 348 g/mol. The molecule has 0 aliphatic rings. The highest BCUT2D eigenvalue weighted by atomic mass is 32.2. The van der Waals surface area contributed by atoms with Gasteiger partial charge in [0.2, 0.25) is 10.0 Å². The standard InChI is InChI=1S/C17H17FN2O3S/c1-23-16-7-4-13(5-8-16)11-20(24(2,21)22)12-14-3-6-15(10-19)17(18)9-14/h3-9H,11-12H2,1-2H3. The zero-order chi connectivity index (χ0) is 17.7. The molecule has 2 rings (SSSR count). The number of benzene rings is 2. The van der Waals surface area contributed by atoms with Crippen molar-refractivity contribution in [1.29, 1.82) is 5.26 Å². The maximum absolute atomic E-state index is 13.7. The molecular weight excluding hydrogens is 331 g/mol. The predicted molar refractivity (Wildman–Crippen MR) is 88.2 cm³/mol. The summed E-state index contributed by atoms with van der Waals surface area (Å²) >= 11 is 0. The average Bonchev–Trinajstić information content (AvgIpc) is 2.54. The third-order valence-electron chi connectivity index (χ3n) is 3.50. The van der Waals surface area contributed by atoms with Crippen LogP contribution in [0.5, 0.6) is 5.75 Å². The Morgan fingerprint density at radius 3 is 2.21 bits per heavy atom. The summed E-state index contributed by atoms with van der Waals surface area (Å²) in [6, 6.07) is 12.9. The van der Waals surface area contributed by atoms with E-state index in [0.717, 1.165) is 11.8 Å². The number of nitrogens with zero attached hydrogens (tertiary/aromatic N) is 2. The molecule has 0 spiro atoms. The minimum atomic E-state index is -3.49. The van der Waals surface area contributed by atoms with Gasteiger partial charge in [-0.1, -0.05) is 18.2 Å². The van der Waals surface area contributed by atoms with Gasteiger partial charge in [0.15, 0.2) is 0 Å². The normalized spacial score (nSPS) is 11.3. The largest absolute Gasteiger partial charge is 0.497 e. The van der Waals surface area contributed by atoms with Crippen LogP contribution in [-0.4, -0.2) is 26.1 Å². The van der Waals surface area contributed by atoms with Crippen molar-refractivity contribution in [3.05, 3.63) is 65.0 Å². The van der Waals surface area contributed by atoms with Crippen LogP contribution in [0.25, 0.3) is 0 Å². The van der Waals surface area contributed by atoms with E-state index in [2.05, 4.69) is 0 Å². The lowest BCUT2D eigenvalue weighted by Gasteiger charge is -2.20. The van der Waals surface area contributed by atoms with Gasteiger partial charge in [0.1, 0.15) is 17.6 Å². The van der Waals surface area contributed by atoms with Gasteiger partial charge >= 0.3 is 0 Å². The first-order valence-electron chi connectivity index (χ1n) is 7.10. The zero-order valence-electron chi connectivity index (χ0n) is 13.4. The van der Waals surface area contributed by atoms with Crippen LogP contribution in [0.3, 0.4) is 0 Å². The minimum absolute atomic E-state index is 0.0213. The lowest BCUT2D eigenvalue weighted by Crippen LogP contribution is -2.29. The Bertz CT molecular complexity index is 858. The van der Waals surface area contributed by atoms with Crippen molar-refractivity contribution >= 4 is 10.0 Å². The van der Waals surface area contributed by atoms with Gasteiger partial charge < -0.3 is 4.74 Å². The molecule has 0 aromatic heterocycles. The van der Waals surface area contributed by atoms with E-state index < -0.39 is 15.8 Å². The minimum Gasteiger partial charge on any atom is -0.497 e. The summed E-state index contributed by atoms with van der Waals surface area (Å²) in [5.74, 6) is 0.0201. The van der Waals surface area contributed by atoms with Gasteiger partial charge in [-0.05, 0) is 35.4 Å². The molecule has 0 unspecified atom stereocenters. The highest BCUT2D eigenvalue weighted by Gasteiger charge is 2.18. The van der Waals surface area contributed by atoms with Gasteiger partial charge in [-0.3, -0.25) is 0 Å². The summed E-state index contributed by atoms with van der Waals surface area (Å²) in [6.45, 7) is 0.179. The fraction of sp³-hybridized carbons (Fsp3) is 0.235. The molecule has 7 heteroatoms. The number of hydrogen-bond acceptors (Lipinski definition) is 4. The third kappa shape index (κ3) is 4.54. The maximum atomic E-state index is 13.7. The zero-order valence-corrected chi connectivity index (χ0v) is 14.2. The van der Waals surface area contributed by atoms with Crippen LogP contribution in [0.1, 0.15) is 16.7 Å². The van der Waals surface area contributed by atoms with Gasteiger partial charge in [-0.15, -0.1) is 0 Å². The Hall–Kier alpha value is -2.43. The second kappa shape index (κ2) is 7.43. The van der Waals surface area contributed by atoms with Crippen molar-refractivity contribution in [3.63, 3.8) is 0 Å². The Kier molecular flexibility index (Phi) is 5.54. The Balaban J connectivity index is 2.23. The number of sulfonamides is 1. The SMILES string of the molecule is COc1ccc(CN(Cc2ccc(C#N)c(F)c2)S(C)(=O)=O)cc1. The predicted octanol–water partition coefficient (Wildman–Crippen LogP) is 2.67. The van der Waals surface area contributed by atoms with Crippen molar-refractivity contribution in [1.82, 2.24) is 4.31 Å². The number of nitriles is 1. The third-order valence-corrected chi connectivity index (χ3v) is 4.70. The number of ether oxygens (including phenoxy) is 1. The van der Waals surface area contributed by atoms with Crippen molar-refractivity contribution in [2.24, 2.45) is 0 Å². The van der Waals surface area contributed by atoms with E-state index in [9.17, 15) is 12.8 Å². The van der Waals surface area contributed by atoms with Gasteiger partial charge in [0.25, 0.3) is 0 Å². The molecule has 0 amide bonds. The van der Waals surface area contributed by atoms with Crippen LogP contribution in [0.2, 0.25) is 0 Å². The Labute approximate surface area is 141 Å². The van der Waals surface area contributed by atoms with Crippen LogP contribution in [0.4, 0.5) is 4.39 Å². The van der Waals surface area contributed by atoms with Crippen LogP contribution < -0.4 is 4.74 Å². The lowest BCUT2D eigenvalue weighted by atomic mass is 10.1. The molecule has 0 atom stereocenters. The van der Waals surface area contributed by atoms with Gasteiger partial charge in [0, 0.05) is 13.1 Å². The topological polar surface area (TPSA) is 70.4 Å². The maximum Gasteiger partial charge on any atom is 0.211 e. The molecule has 126 valence electrons. The molecule has 0 N–H and O–H groups in total. The summed E-state index contributed by atoms with van der Waals surface area (Å²) in [7, 11) is -1.94. The van der Waals surface area contributed by atoms with Crippen molar-refractivity contribution in [3.8, 4) is 11.8 Å². The van der Waals surface area contributed by atoms with Crippen LogP contribution in [-0.2, 0) is 23.1 Å². The molecule has 0 radical (unpaired) electrons. The lowest BCUT2D eigenvalue weighted by molar-refractivity contribution is 0.402. The fourth-order valence-electron chi connectivity index (χ4n) is 2.18. The Morgan fingerprint density at radius 1 is 1.12 bits per heavy atom. The molecule has 0 saturated carbocycles. The molecular formula is C17H17FN2O3S. The summed E-state index contributed by atoms with van der Waals surface area (Å²) in [5.41, 5.74) is 1.19. The molecule has 0 saturated heterocycles. The van der Waals surface area contributed by atoms with E-state index >= 15 is 0 Å². The molecule has 2 aromatic rings. The second-order valence-electron chi connectivity index (χ2n) is 5.31. The van der Waals surface area contributed by atoms with Gasteiger partial charge in [-0.25, -0.2) is 12.8 Å². The molecule has 0 fully saturated rings. The number of rotatable bonds is 6. The van der Waals surface area contributed by atoms with E-state index in [0.29, 0.717) is 11.3 Å². The average molecular weight is 348 g/mol. The summed E-state index contributed by atoms with van der Waals surface area (Å²) < 4.78 is 44.1. The highest BCUT2D eigenvalue weighted by molar-refractivity contribution is 7.88. The first kappa shape index (κ1) is 17.9. The highest BCUT2D eigenvalue weighted by Crippen LogP contribution is 2.18. The van der Waals surface area contributed by atoms with E-state index in [1.54, 1.807) is 43.5 Å². The first-order valence-corrected chi connectivity index (χ1v) is 8.95. The van der Waals surface area contributed by atoms with E-state index in [-0.39, 0.29) is 18.7 Å². The quantitative estimate of drug-likeness (QED) is 0.805. The molecule has 2 aromatic carbocycles. The molecule has 0 aliphatic heterocycles. The molecule has 0 bridgehead atoms. The number of halogens is 1. The van der Waals surface area contributed by atoms with Gasteiger partial charge in [-0.2, -0.15) is 9.57 Å². The van der Waals surface area contributed by atoms with E-state index in [1.807, 2.05) is 0 Å². The summed E-state index contributed by atoms with van der Waals surface area (Å²) in [5, 5.41) is 8.75. The van der Waals surface area contributed by atoms with Crippen molar-refractivity contribution < 1.29 is 17.5 Å². The number of hydrogen-bond donors (Lipinski definition) is 0. The molecule has 24 heavy (non-hydrogen) atoms. The van der Waals surface area contributed by atoms with Gasteiger partial charge in [0.05, 0.1) is 18.9 Å². The summed E-state index contributed by atoms with van der Waals surface area (Å²) in [6.07, 6.45) is 1.11. The van der Waals surface area contributed by atoms with Crippen LogP contribution in [0.15, 0.2) is 42.5 Å². The molecule has 0 aliphatic carbocycles. The second-order valence-corrected chi connectivity index (χ2v) is 7.29. The number of methoxy groups -OCH3 is 1. The first-order chi connectivity index (χ1) is 11.3. The fourth-order valence-corrected chi connectivity index (χ4v) is 2.94. The molecule has 0 heterocycles. The smallest absolute Gasteiger partial charge is 0.211 e. The van der Waals surface area contributed by atoms with Crippen molar-refractivity contribution in [2.45, 2.75) is 13.1 Å². The summed E-state index contributed by atoms with van der Waals surface area (Å²) in [4.78, 5) is 0. The van der Waals surface area contributed by atoms with Crippen molar-refractivity contribution in [2.75, 3.05) is 13.4 Å². The van der Waals surface area contributed by atoms with E-state index in [4.69, 9.17) is 10.00 Å². The molecule has 5 nitrogen and oxygen atoms in total. The Morgan fingerprint density at radius 2 is 1.71 bits per heavy atom.